The number of rotatable bonds is 7. The van der Waals surface area contributed by atoms with Crippen molar-refractivity contribution in [1.29, 1.82) is 0 Å². The van der Waals surface area contributed by atoms with Gasteiger partial charge >= 0.3 is 0 Å². The maximum absolute atomic E-state index is 11.6. The summed E-state index contributed by atoms with van der Waals surface area (Å²) in [5.41, 5.74) is -0.0501. The third kappa shape index (κ3) is 3.25. The highest BCUT2D eigenvalue weighted by molar-refractivity contribution is 5.75. The van der Waals surface area contributed by atoms with Crippen LogP contribution in [0.25, 0.3) is 0 Å². The first-order chi connectivity index (χ1) is 8.74. The first-order valence-electron chi connectivity index (χ1n) is 6.32. The summed E-state index contributed by atoms with van der Waals surface area (Å²) in [6.45, 7) is 1.40. The van der Waals surface area contributed by atoms with Crippen molar-refractivity contribution in [3.05, 3.63) is 6.33 Å². The molecule has 1 saturated carbocycles. The molecule has 7 heteroatoms. The summed E-state index contributed by atoms with van der Waals surface area (Å²) in [4.78, 5) is 11.6. The Balaban J connectivity index is 1.60. The molecule has 100 valence electrons. The molecule has 0 spiro atoms. The second kappa shape index (κ2) is 5.90. The van der Waals surface area contributed by atoms with Crippen molar-refractivity contribution in [2.75, 3.05) is 13.2 Å². The van der Waals surface area contributed by atoms with E-state index in [1.807, 2.05) is 0 Å². The Kier molecular flexibility index (Phi) is 4.24. The minimum Gasteiger partial charge on any atom is -0.396 e. The maximum atomic E-state index is 11.6. The van der Waals surface area contributed by atoms with Crippen molar-refractivity contribution in [1.82, 2.24) is 25.5 Å². The number of hydrogen-bond donors (Lipinski definition) is 2. The van der Waals surface area contributed by atoms with Crippen LogP contribution < -0.4 is 5.32 Å². The van der Waals surface area contributed by atoms with Crippen molar-refractivity contribution < 1.29 is 9.90 Å². The second-order valence-corrected chi connectivity index (χ2v) is 4.96. The Morgan fingerprint density at radius 1 is 1.50 bits per heavy atom. The van der Waals surface area contributed by atoms with E-state index in [2.05, 4.69) is 20.8 Å². The third-order valence-corrected chi connectivity index (χ3v) is 3.59. The average molecular weight is 253 g/mol. The highest BCUT2D eigenvalue weighted by Crippen LogP contribution is 2.39. The van der Waals surface area contributed by atoms with Crippen molar-refractivity contribution in [2.24, 2.45) is 5.41 Å². The molecule has 0 bridgehead atoms. The predicted octanol–water partition coefficient (Wildman–Crippen LogP) is -0.268. The quantitative estimate of drug-likeness (QED) is 0.698. The predicted molar refractivity (Wildman–Crippen MR) is 63.4 cm³/mol. The van der Waals surface area contributed by atoms with Crippen LogP contribution >= 0.6 is 0 Å². The number of aryl methyl sites for hydroxylation is 1. The van der Waals surface area contributed by atoms with Gasteiger partial charge in [0, 0.05) is 24.9 Å². The van der Waals surface area contributed by atoms with Gasteiger partial charge in [-0.1, -0.05) is 6.42 Å². The van der Waals surface area contributed by atoms with Gasteiger partial charge in [-0.25, -0.2) is 4.68 Å². The molecule has 0 saturated heterocycles. The number of aliphatic hydroxyl groups excluding tert-OH is 1. The number of amides is 1. The molecular weight excluding hydrogens is 234 g/mol. The van der Waals surface area contributed by atoms with Gasteiger partial charge in [0.05, 0.1) is 6.61 Å². The molecule has 0 radical (unpaired) electrons. The molecule has 2 N–H and O–H groups in total. The second-order valence-electron chi connectivity index (χ2n) is 4.96. The monoisotopic (exact) mass is 253 g/mol. The van der Waals surface area contributed by atoms with Crippen LogP contribution in [0.4, 0.5) is 0 Å². The summed E-state index contributed by atoms with van der Waals surface area (Å²) in [5, 5.41) is 22.9. The number of nitrogens with one attached hydrogen (secondary N) is 1. The summed E-state index contributed by atoms with van der Waals surface area (Å²) in [5.74, 6) is 0.0304. The zero-order valence-electron chi connectivity index (χ0n) is 10.4. The van der Waals surface area contributed by atoms with Gasteiger partial charge in [0.15, 0.2) is 0 Å². The summed E-state index contributed by atoms with van der Waals surface area (Å²) in [6, 6.07) is 0. The number of aliphatic hydroxyl groups is 1. The number of carbonyl (C=O) groups excluding carboxylic acids is 1. The van der Waals surface area contributed by atoms with Crippen LogP contribution in [-0.2, 0) is 11.3 Å². The Morgan fingerprint density at radius 3 is 2.89 bits per heavy atom. The molecule has 0 aromatic carbocycles. The van der Waals surface area contributed by atoms with Crippen LogP contribution in [0.15, 0.2) is 6.33 Å². The van der Waals surface area contributed by atoms with E-state index in [1.54, 1.807) is 4.68 Å². The standard InChI is InChI=1S/C11H19N5O2/c17-8-11(4-2-5-11)7-12-10(18)3-1-6-16-9-13-14-15-16/h9,17H,1-8H2,(H,12,18). The van der Waals surface area contributed by atoms with Crippen LogP contribution in [0, 0.1) is 5.41 Å². The lowest BCUT2D eigenvalue weighted by Gasteiger charge is -2.40. The van der Waals surface area contributed by atoms with Crippen molar-refractivity contribution in [3.8, 4) is 0 Å². The summed E-state index contributed by atoms with van der Waals surface area (Å²) < 4.78 is 1.61. The van der Waals surface area contributed by atoms with E-state index in [-0.39, 0.29) is 17.9 Å². The largest absolute Gasteiger partial charge is 0.396 e. The van der Waals surface area contributed by atoms with E-state index in [1.165, 1.54) is 6.33 Å². The van der Waals surface area contributed by atoms with Crippen molar-refractivity contribution >= 4 is 5.91 Å². The first kappa shape index (κ1) is 12.9. The summed E-state index contributed by atoms with van der Waals surface area (Å²) >= 11 is 0. The molecule has 1 fully saturated rings. The van der Waals surface area contributed by atoms with E-state index < -0.39 is 0 Å². The van der Waals surface area contributed by atoms with Gasteiger partial charge in [-0.2, -0.15) is 0 Å². The molecule has 2 rings (SSSR count). The van der Waals surface area contributed by atoms with Crippen LogP contribution in [0.2, 0.25) is 0 Å². The SMILES string of the molecule is O=C(CCCn1cnnn1)NCC1(CO)CCC1. The molecule has 1 aliphatic carbocycles. The van der Waals surface area contributed by atoms with Crippen LogP contribution in [0.1, 0.15) is 32.1 Å². The molecule has 18 heavy (non-hydrogen) atoms. The number of nitrogens with zero attached hydrogens (tertiary/aromatic N) is 4. The zero-order chi connectivity index (χ0) is 12.8. The Hall–Kier alpha value is -1.50. The molecule has 0 unspecified atom stereocenters. The van der Waals surface area contributed by atoms with Crippen molar-refractivity contribution in [2.45, 2.75) is 38.6 Å². The zero-order valence-corrected chi connectivity index (χ0v) is 10.4. The fourth-order valence-electron chi connectivity index (χ4n) is 2.13. The molecule has 1 aromatic heterocycles. The summed E-state index contributed by atoms with van der Waals surface area (Å²) in [7, 11) is 0. The topological polar surface area (TPSA) is 92.9 Å². The molecule has 0 aliphatic heterocycles. The molecule has 0 atom stereocenters. The highest BCUT2D eigenvalue weighted by atomic mass is 16.3. The minimum absolute atomic E-state index is 0.0304. The van der Waals surface area contributed by atoms with Gasteiger partial charge in [-0.3, -0.25) is 4.79 Å². The van der Waals surface area contributed by atoms with Crippen molar-refractivity contribution in [3.63, 3.8) is 0 Å². The van der Waals surface area contributed by atoms with E-state index >= 15 is 0 Å². The molecule has 7 nitrogen and oxygen atoms in total. The Labute approximate surface area is 106 Å². The number of aromatic nitrogens is 4. The minimum atomic E-state index is -0.0501. The van der Waals surface area contributed by atoms with E-state index in [0.717, 1.165) is 19.3 Å². The number of hydrogen-bond acceptors (Lipinski definition) is 5. The average Bonchev–Trinajstić information content (AvgIpc) is 2.81. The molecule has 1 heterocycles. The van der Waals surface area contributed by atoms with Gasteiger partial charge in [0.1, 0.15) is 6.33 Å². The fourth-order valence-corrected chi connectivity index (χ4v) is 2.13. The highest BCUT2D eigenvalue weighted by Gasteiger charge is 2.36. The van der Waals surface area contributed by atoms with Crippen LogP contribution in [-0.4, -0.2) is 44.4 Å². The molecule has 1 amide bonds. The van der Waals surface area contributed by atoms with E-state index in [0.29, 0.717) is 25.9 Å². The third-order valence-electron chi connectivity index (χ3n) is 3.59. The van der Waals surface area contributed by atoms with Gasteiger partial charge in [-0.05, 0) is 29.7 Å². The lowest BCUT2D eigenvalue weighted by molar-refractivity contribution is -0.122. The Bertz CT molecular complexity index is 369. The Morgan fingerprint density at radius 2 is 2.33 bits per heavy atom. The molecule has 1 aromatic rings. The molecular formula is C11H19N5O2. The normalized spacial score (nSPS) is 17.2. The first-order valence-corrected chi connectivity index (χ1v) is 6.32. The lowest BCUT2D eigenvalue weighted by atomic mass is 9.69. The number of carbonyl (C=O) groups is 1. The van der Waals surface area contributed by atoms with Gasteiger partial charge in [0.2, 0.25) is 5.91 Å². The van der Waals surface area contributed by atoms with E-state index in [9.17, 15) is 9.90 Å². The summed E-state index contributed by atoms with van der Waals surface area (Å²) in [6.07, 6.45) is 5.87. The number of tetrazole rings is 1. The van der Waals surface area contributed by atoms with Gasteiger partial charge in [-0.15, -0.1) is 5.10 Å². The van der Waals surface area contributed by atoms with Crippen LogP contribution in [0.3, 0.4) is 0 Å². The maximum Gasteiger partial charge on any atom is 0.220 e. The fraction of sp³-hybridized carbons (Fsp3) is 0.818. The van der Waals surface area contributed by atoms with Gasteiger partial charge < -0.3 is 10.4 Å². The lowest BCUT2D eigenvalue weighted by Crippen LogP contribution is -2.44. The smallest absolute Gasteiger partial charge is 0.220 e. The van der Waals surface area contributed by atoms with Gasteiger partial charge in [0.25, 0.3) is 0 Å². The molecule has 1 aliphatic rings. The van der Waals surface area contributed by atoms with E-state index in [4.69, 9.17) is 0 Å². The van der Waals surface area contributed by atoms with Crippen LogP contribution in [0.5, 0.6) is 0 Å².